The first-order valence-corrected chi connectivity index (χ1v) is 18.9. The van der Waals surface area contributed by atoms with E-state index in [1.54, 1.807) is 13.8 Å². The molecule has 27 nitrogen and oxygen atoms in total. The fourth-order valence-electron chi connectivity index (χ4n) is 4.99. The predicted molar refractivity (Wildman–Crippen MR) is 211 cm³/mol. The van der Waals surface area contributed by atoms with Gasteiger partial charge in [-0.3, -0.25) is 48.1 Å². The Bertz CT molecular complexity index is 1570. The number of carbonyl (C=O) groups excluding carboxylic acids is 8. The van der Waals surface area contributed by atoms with Crippen LogP contribution in [0.4, 0.5) is 0 Å². The lowest BCUT2D eigenvalue weighted by atomic mass is 10.0. The molecule has 0 aliphatic heterocycles. The minimum Gasteiger partial charge on any atom is -0.481 e. The second kappa shape index (κ2) is 28.3. The van der Waals surface area contributed by atoms with Crippen molar-refractivity contribution < 1.29 is 73.5 Å². The zero-order valence-electron chi connectivity index (χ0n) is 34.3. The van der Waals surface area contributed by atoms with Gasteiger partial charge in [-0.05, 0) is 31.1 Å². The van der Waals surface area contributed by atoms with Gasteiger partial charge in [0.2, 0.25) is 47.3 Å². The number of aliphatic hydroxyl groups excluding tert-OH is 3. The predicted octanol–water partition coefficient (Wildman–Crippen LogP) is -8.25. The molecule has 0 aromatic carbocycles. The maximum Gasteiger partial charge on any atom is 0.326 e. The Morgan fingerprint density at radius 1 is 0.574 bits per heavy atom. The molecule has 0 aliphatic rings. The van der Waals surface area contributed by atoms with Crippen molar-refractivity contribution in [2.24, 2.45) is 34.0 Å². The number of aliphatic carboxylic acids is 2. The van der Waals surface area contributed by atoms with E-state index in [1.165, 1.54) is 13.8 Å². The first-order valence-electron chi connectivity index (χ1n) is 18.9. The Hall–Kier alpha value is -6.19. The van der Waals surface area contributed by atoms with Gasteiger partial charge in [0, 0.05) is 6.54 Å². The fraction of sp³-hybridized carbons (Fsp3) is 0.676. The number of carbonyl (C=O) groups is 10. The highest BCUT2D eigenvalue weighted by Crippen LogP contribution is 2.08. The summed E-state index contributed by atoms with van der Waals surface area (Å²) in [4.78, 5) is 129. The van der Waals surface area contributed by atoms with E-state index in [0.29, 0.717) is 0 Å². The van der Waals surface area contributed by atoms with Gasteiger partial charge in [0.25, 0.3) is 0 Å². The number of guanidine groups is 1. The van der Waals surface area contributed by atoms with Gasteiger partial charge in [-0.15, -0.1) is 0 Å². The molecule has 19 N–H and O–H groups in total. The molecule has 0 aliphatic carbocycles. The van der Waals surface area contributed by atoms with Crippen molar-refractivity contribution in [2.75, 3.05) is 39.5 Å². The van der Waals surface area contributed by atoms with E-state index in [9.17, 15) is 73.5 Å². The third-order valence-corrected chi connectivity index (χ3v) is 8.21. The second-order valence-electron chi connectivity index (χ2n) is 14.3. The monoisotopic (exact) mass is 876 g/mol. The largest absolute Gasteiger partial charge is 0.481 e. The van der Waals surface area contributed by atoms with Crippen molar-refractivity contribution in [3.05, 3.63) is 0 Å². The number of rotatable bonds is 29. The van der Waals surface area contributed by atoms with E-state index < -0.39 is 147 Å². The van der Waals surface area contributed by atoms with E-state index in [4.69, 9.17) is 17.2 Å². The standard InChI is InChI=1S/C34H60N12O15/c1-15(2)8-19(44-27(54)17(35)12-47)30(57)43-18(6-5-7-38-34(36)37)28(55)39-10-23(50)41-20(9-25(52)53)29(56)40-11-24(51)42-21(13-48)31(58)45-22(14-49)32(59)46-26(16(3)4)33(60)61/h15-22,26,47-49H,5-14,35H2,1-4H3,(H,39,55)(H,40,56)(H,41,50)(H,42,51)(H,43,57)(H,44,54)(H,45,58)(H,46,59)(H,52,53)(H,60,61)(H4,36,37,38)/t17-,18-,19-,20-,21-,22-,26-/m0/s1. The summed E-state index contributed by atoms with van der Waals surface area (Å²) in [6, 6.07) is -10.5. The normalized spacial score (nSPS) is 14.3. The highest BCUT2D eigenvalue weighted by Gasteiger charge is 2.32. The van der Waals surface area contributed by atoms with E-state index in [0.717, 1.165) is 0 Å². The van der Waals surface area contributed by atoms with Gasteiger partial charge in [-0.25, -0.2) is 4.79 Å². The zero-order chi connectivity index (χ0) is 47.0. The number of aliphatic hydroxyl groups is 3. The number of nitrogens with one attached hydrogen (secondary N) is 8. The quantitative estimate of drug-likeness (QED) is 0.0188. The molecule has 346 valence electrons. The van der Waals surface area contributed by atoms with Gasteiger partial charge >= 0.3 is 11.9 Å². The summed E-state index contributed by atoms with van der Waals surface area (Å²) < 4.78 is 0. The number of nitrogens with zero attached hydrogens (tertiary/aromatic N) is 1. The van der Waals surface area contributed by atoms with Crippen LogP contribution in [0.25, 0.3) is 0 Å². The molecule has 0 saturated carbocycles. The van der Waals surface area contributed by atoms with Crippen LogP contribution in [0.5, 0.6) is 0 Å². The summed E-state index contributed by atoms with van der Waals surface area (Å²) in [7, 11) is 0. The minimum absolute atomic E-state index is 0.0375. The first kappa shape index (κ1) is 54.8. The molecule has 8 amide bonds. The molecule has 0 spiro atoms. The number of carboxylic acid groups (broad SMARTS) is 2. The molecule has 0 aromatic heterocycles. The highest BCUT2D eigenvalue weighted by molar-refractivity contribution is 5.97. The Morgan fingerprint density at radius 2 is 1.03 bits per heavy atom. The van der Waals surface area contributed by atoms with E-state index in [2.05, 4.69) is 31.6 Å². The lowest BCUT2D eigenvalue weighted by Gasteiger charge is -2.25. The highest BCUT2D eigenvalue weighted by atomic mass is 16.4. The molecular weight excluding hydrogens is 816 g/mol. The van der Waals surface area contributed by atoms with Crippen LogP contribution in [0.2, 0.25) is 0 Å². The van der Waals surface area contributed by atoms with Crippen molar-refractivity contribution in [1.29, 1.82) is 0 Å². The molecule has 0 rings (SSSR count). The third-order valence-electron chi connectivity index (χ3n) is 8.21. The Kier molecular flexibility index (Phi) is 25.4. The minimum atomic E-state index is -1.82. The summed E-state index contributed by atoms with van der Waals surface area (Å²) in [5.74, 6) is -12.1. The fourth-order valence-corrected chi connectivity index (χ4v) is 4.99. The van der Waals surface area contributed by atoms with Gasteiger partial charge < -0.3 is 85.3 Å². The molecule has 7 atom stereocenters. The van der Waals surface area contributed by atoms with Crippen molar-refractivity contribution >= 4 is 65.2 Å². The average Bonchev–Trinajstić information content (AvgIpc) is 3.18. The number of carboxylic acids is 2. The molecule has 0 saturated heterocycles. The molecular formula is C34H60N12O15. The Balaban J connectivity index is 5.65. The molecule has 0 radical (unpaired) electrons. The van der Waals surface area contributed by atoms with E-state index >= 15 is 0 Å². The molecule has 0 aromatic rings. The number of nitrogens with two attached hydrogens (primary N) is 3. The summed E-state index contributed by atoms with van der Waals surface area (Å²) >= 11 is 0. The Morgan fingerprint density at radius 3 is 1.49 bits per heavy atom. The van der Waals surface area contributed by atoms with Crippen molar-refractivity contribution in [2.45, 2.75) is 95.7 Å². The molecule has 0 heterocycles. The van der Waals surface area contributed by atoms with Gasteiger partial charge in [0.1, 0.15) is 42.3 Å². The number of hydrogen-bond acceptors (Lipinski definition) is 15. The second-order valence-corrected chi connectivity index (χ2v) is 14.3. The molecule has 61 heavy (non-hydrogen) atoms. The Labute approximate surface area is 350 Å². The van der Waals surface area contributed by atoms with Crippen LogP contribution in [0.3, 0.4) is 0 Å². The lowest BCUT2D eigenvalue weighted by molar-refractivity contribution is -0.144. The smallest absolute Gasteiger partial charge is 0.326 e. The third kappa shape index (κ3) is 22.1. The van der Waals surface area contributed by atoms with Crippen LogP contribution >= 0.6 is 0 Å². The van der Waals surface area contributed by atoms with Gasteiger partial charge in [0.05, 0.1) is 39.3 Å². The van der Waals surface area contributed by atoms with Crippen LogP contribution in [0.15, 0.2) is 4.99 Å². The topological polar surface area (TPSA) is 459 Å². The number of aliphatic imine (C=N–C) groups is 1. The van der Waals surface area contributed by atoms with Crippen LogP contribution < -0.4 is 59.7 Å². The van der Waals surface area contributed by atoms with Gasteiger partial charge in [-0.2, -0.15) is 0 Å². The lowest BCUT2D eigenvalue weighted by Crippen LogP contribution is -2.59. The summed E-state index contributed by atoms with van der Waals surface area (Å²) in [6.45, 7) is 2.02. The maximum atomic E-state index is 13.3. The van der Waals surface area contributed by atoms with Crippen molar-refractivity contribution in [3.63, 3.8) is 0 Å². The average molecular weight is 877 g/mol. The van der Waals surface area contributed by atoms with Crippen molar-refractivity contribution in [1.82, 2.24) is 42.5 Å². The number of amides is 8. The van der Waals surface area contributed by atoms with Crippen LogP contribution in [-0.4, -0.2) is 172 Å². The first-order chi connectivity index (χ1) is 28.5. The molecule has 0 bridgehead atoms. The summed E-state index contributed by atoms with van der Waals surface area (Å²) in [5.41, 5.74) is 16.2. The van der Waals surface area contributed by atoms with Gasteiger partial charge in [0.15, 0.2) is 5.96 Å². The summed E-state index contributed by atoms with van der Waals surface area (Å²) in [5, 5.41) is 64.6. The van der Waals surface area contributed by atoms with Crippen LogP contribution in [-0.2, 0) is 47.9 Å². The zero-order valence-corrected chi connectivity index (χ0v) is 34.3. The molecule has 27 heteroatoms. The SMILES string of the molecule is CC(C)C[C@H](NC(=O)[C@@H](N)CO)C(=O)N[C@@H](CCCN=C(N)N)C(=O)NCC(=O)N[C@@H](CC(=O)O)C(=O)NCC(=O)N[C@@H](CO)C(=O)N[C@@H](CO)C(=O)N[C@H](C(=O)O)C(C)C. The van der Waals surface area contributed by atoms with E-state index in [1.807, 2.05) is 16.0 Å². The van der Waals surface area contributed by atoms with E-state index in [-0.39, 0.29) is 37.7 Å². The van der Waals surface area contributed by atoms with Crippen LogP contribution in [0, 0.1) is 11.8 Å². The van der Waals surface area contributed by atoms with Crippen LogP contribution in [0.1, 0.15) is 53.4 Å². The molecule has 0 fully saturated rings. The number of hydrogen-bond donors (Lipinski definition) is 16. The maximum absolute atomic E-state index is 13.3. The van der Waals surface area contributed by atoms with Crippen molar-refractivity contribution in [3.8, 4) is 0 Å². The summed E-state index contributed by atoms with van der Waals surface area (Å²) in [6.07, 6.45) is -0.841. The van der Waals surface area contributed by atoms with Gasteiger partial charge in [-0.1, -0.05) is 27.7 Å². The molecule has 0 unspecified atom stereocenters.